The van der Waals surface area contributed by atoms with E-state index in [9.17, 15) is 14.3 Å². The lowest BCUT2D eigenvalue weighted by Gasteiger charge is -2.08. The molecule has 1 N–H and O–H groups in total. The van der Waals surface area contributed by atoms with Crippen LogP contribution in [0.15, 0.2) is 94.0 Å². The third-order valence-electron chi connectivity index (χ3n) is 4.90. The van der Waals surface area contributed by atoms with Crippen molar-refractivity contribution in [3.05, 3.63) is 100 Å². The molecule has 0 saturated carbocycles. The second kappa shape index (κ2) is 10.9. The van der Waals surface area contributed by atoms with Crippen LogP contribution in [-0.2, 0) is 9.53 Å². The van der Waals surface area contributed by atoms with Gasteiger partial charge in [0.05, 0.1) is 24.3 Å². The number of ether oxygens (including phenoxy) is 3. The van der Waals surface area contributed by atoms with Gasteiger partial charge < -0.3 is 19.3 Å². The van der Waals surface area contributed by atoms with Crippen molar-refractivity contribution in [3.8, 4) is 17.2 Å². The van der Waals surface area contributed by atoms with Gasteiger partial charge in [-0.15, -0.1) is 0 Å². The van der Waals surface area contributed by atoms with Gasteiger partial charge in [0.15, 0.2) is 11.6 Å². The van der Waals surface area contributed by atoms with Gasteiger partial charge in [0.2, 0.25) is 0 Å². The number of rotatable bonds is 7. The fourth-order valence-corrected chi connectivity index (χ4v) is 4.26. The summed E-state index contributed by atoms with van der Waals surface area (Å²) in [6.07, 6.45) is 1.63. The molecule has 0 unspecified atom stereocenters. The van der Waals surface area contributed by atoms with Crippen molar-refractivity contribution in [3.63, 3.8) is 0 Å². The van der Waals surface area contributed by atoms with Crippen LogP contribution in [0.5, 0.6) is 17.2 Å². The Hall–Kier alpha value is -4.04. The minimum Gasteiger partial charge on any atom is -0.506 e. The van der Waals surface area contributed by atoms with Gasteiger partial charge in [-0.1, -0.05) is 36.0 Å². The second-order valence-electron chi connectivity index (χ2n) is 7.27. The summed E-state index contributed by atoms with van der Waals surface area (Å²) in [5.41, 5.74) is 1.12. The smallest absolute Gasteiger partial charge is 0.344 e. The molecule has 0 fully saturated rings. The van der Waals surface area contributed by atoms with Crippen molar-refractivity contribution in [1.82, 2.24) is 0 Å². The van der Waals surface area contributed by atoms with Crippen molar-refractivity contribution >= 4 is 34.5 Å². The van der Waals surface area contributed by atoms with E-state index in [-0.39, 0.29) is 23.7 Å². The van der Waals surface area contributed by atoms with Crippen molar-refractivity contribution in [1.29, 1.82) is 0 Å². The van der Waals surface area contributed by atoms with E-state index in [0.717, 1.165) is 11.8 Å². The minimum absolute atomic E-state index is 0.0261. The molecule has 1 aliphatic rings. The number of carbonyl (C=O) groups is 1. The van der Waals surface area contributed by atoms with E-state index >= 15 is 0 Å². The topological polar surface area (TPSA) is 77.4 Å². The zero-order valence-electron chi connectivity index (χ0n) is 19.0. The molecule has 0 saturated heterocycles. The molecule has 3 aromatic rings. The van der Waals surface area contributed by atoms with Crippen LogP contribution in [0, 0.1) is 5.82 Å². The summed E-state index contributed by atoms with van der Waals surface area (Å²) in [5.74, 6) is -0.260. The number of para-hydroxylation sites is 1. The Balaban J connectivity index is 1.68. The number of aliphatic imine (C=N–C) groups is 1. The number of aliphatic hydroxyl groups is 1. The SMILES string of the molecule is CCOC(=O)C1=C(O)C(=Cc2ccc(F)c(Oc3ccccc3)c2)SC1=Nc1ccc(OC)cc1. The molecule has 6 nitrogen and oxygen atoms in total. The number of hydrogen-bond donors (Lipinski definition) is 1. The molecule has 1 aliphatic heterocycles. The second-order valence-corrected chi connectivity index (χ2v) is 8.31. The number of nitrogens with zero attached hydrogens (tertiary/aromatic N) is 1. The molecule has 3 aromatic carbocycles. The number of thioether (sulfide) groups is 1. The van der Waals surface area contributed by atoms with Crippen molar-refractivity contribution in [2.75, 3.05) is 13.7 Å². The first-order chi connectivity index (χ1) is 17.0. The Bertz CT molecular complexity index is 1320. The predicted octanol–water partition coefficient (Wildman–Crippen LogP) is 6.82. The Morgan fingerprint density at radius 1 is 1.06 bits per heavy atom. The average molecular weight is 492 g/mol. The molecule has 8 heteroatoms. The fraction of sp³-hybridized carbons (Fsp3) is 0.111. The lowest BCUT2D eigenvalue weighted by Crippen LogP contribution is -2.12. The summed E-state index contributed by atoms with van der Waals surface area (Å²) in [6, 6.07) is 20.2. The summed E-state index contributed by atoms with van der Waals surface area (Å²) in [7, 11) is 1.57. The highest BCUT2D eigenvalue weighted by Gasteiger charge is 2.33. The standard InChI is InChI=1S/C27H22FNO5S/c1-3-33-27(31)24-25(30)23(35-26(24)29-18-10-12-19(32-2)13-11-18)16-17-9-14-21(28)22(15-17)34-20-7-5-4-6-8-20/h4-16,30H,3H2,1-2H3. The van der Waals surface area contributed by atoms with Crippen LogP contribution in [0.2, 0.25) is 0 Å². The fourth-order valence-electron chi connectivity index (χ4n) is 3.22. The van der Waals surface area contributed by atoms with Crippen LogP contribution < -0.4 is 9.47 Å². The summed E-state index contributed by atoms with van der Waals surface area (Å²) >= 11 is 1.12. The molecule has 0 radical (unpaired) electrons. The normalized spacial score (nSPS) is 15.5. The van der Waals surface area contributed by atoms with Crippen LogP contribution >= 0.6 is 11.8 Å². The third-order valence-corrected chi connectivity index (χ3v) is 5.92. The van der Waals surface area contributed by atoms with E-state index in [1.54, 1.807) is 74.7 Å². The van der Waals surface area contributed by atoms with E-state index in [0.29, 0.717) is 32.7 Å². The Morgan fingerprint density at radius 2 is 1.80 bits per heavy atom. The van der Waals surface area contributed by atoms with Gasteiger partial charge in [-0.3, -0.25) is 0 Å². The number of esters is 1. The van der Waals surface area contributed by atoms with Crippen LogP contribution in [0.25, 0.3) is 6.08 Å². The van der Waals surface area contributed by atoms with Crippen LogP contribution in [0.3, 0.4) is 0 Å². The minimum atomic E-state index is -0.680. The summed E-state index contributed by atoms with van der Waals surface area (Å²) in [6.45, 7) is 1.83. The molecule has 0 atom stereocenters. The van der Waals surface area contributed by atoms with Gasteiger partial charge in [-0.25, -0.2) is 14.2 Å². The van der Waals surface area contributed by atoms with E-state index in [1.807, 2.05) is 6.07 Å². The Labute approximate surface area is 206 Å². The van der Waals surface area contributed by atoms with Gasteiger partial charge in [0.25, 0.3) is 0 Å². The number of benzene rings is 3. The van der Waals surface area contributed by atoms with Gasteiger partial charge in [-0.2, -0.15) is 0 Å². The van der Waals surface area contributed by atoms with Gasteiger partial charge in [-0.05, 0) is 67.1 Å². The zero-order valence-corrected chi connectivity index (χ0v) is 19.8. The Kier molecular flexibility index (Phi) is 7.52. The molecule has 0 amide bonds. The number of aliphatic hydroxyl groups excluding tert-OH is 1. The van der Waals surface area contributed by atoms with E-state index in [4.69, 9.17) is 14.2 Å². The summed E-state index contributed by atoms with van der Waals surface area (Å²) in [4.78, 5) is 17.5. The number of methoxy groups -OCH3 is 1. The maximum absolute atomic E-state index is 14.4. The molecule has 0 aromatic heterocycles. The first-order valence-electron chi connectivity index (χ1n) is 10.7. The maximum atomic E-state index is 14.4. The predicted molar refractivity (Wildman–Crippen MR) is 135 cm³/mol. The lowest BCUT2D eigenvalue weighted by atomic mass is 10.1. The molecular weight excluding hydrogens is 469 g/mol. The first kappa shape index (κ1) is 24.1. The number of halogens is 1. The molecule has 0 bridgehead atoms. The van der Waals surface area contributed by atoms with E-state index in [2.05, 4.69) is 4.99 Å². The maximum Gasteiger partial charge on any atom is 0.344 e. The van der Waals surface area contributed by atoms with Crippen LogP contribution in [-0.4, -0.2) is 29.8 Å². The highest BCUT2D eigenvalue weighted by molar-refractivity contribution is 8.18. The van der Waals surface area contributed by atoms with E-state index < -0.39 is 11.8 Å². The average Bonchev–Trinajstić information content (AvgIpc) is 3.16. The summed E-state index contributed by atoms with van der Waals surface area (Å²) in [5, 5.41) is 11.2. The third kappa shape index (κ3) is 5.73. The van der Waals surface area contributed by atoms with Crippen molar-refractivity contribution in [2.45, 2.75) is 6.92 Å². The number of carbonyl (C=O) groups excluding carboxylic acids is 1. The van der Waals surface area contributed by atoms with Gasteiger partial charge >= 0.3 is 5.97 Å². The van der Waals surface area contributed by atoms with E-state index in [1.165, 1.54) is 12.1 Å². The molecule has 178 valence electrons. The molecule has 0 aliphatic carbocycles. The quantitative estimate of drug-likeness (QED) is 0.366. The highest BCUT2D eigenvalue weighted by atomic mass is 32.2. The van der Waals surface area contributed by atoms with Crippen molar-refractivity contribution in [2.24, 2.45) is 4.99 Å². The molecule has 35 heavy (non-hydrogen) atoms. The molecular formula is C27H22FNO5S. The zero-order chi connectivity index (χ0) is 24.8. The molecule has 1 heterocycles. The largest absolute Gasteiger partial charge is 0.506 e. The van der Waals surface area contributed by atoms with Crippen molar-refractivity contribution < 1.29 is 28.5 Å². The summed E-state index contributed by atoms with van der Waals surface area (Å²) < 4.78 is 30.3. The molecule has 4 rings (SSSR count). The Morgan fingerprint density at radius 3 is 2.49 bits per heavy atom. The van der Waals surface area contributed by atoms with Gasteiger partial charge in [0.1, 0.15) is 27.9 Å². The highest BCUT2D eigenvalue weighted by Crippen LogP contribution is 2.41. The lowest BCUT2D eigenvalue weighted by molar-refractivity contribution is -0.138. The van der Waals surface area contributed by atoms with Gasteiger partial charge in [0, 0.05) is 0 Å². The van der Waals surface area contributed by atoms with Crippen LogP contribution in [0.4, 0.5) is 10.1 Å². The van der Waals surface area contributed by atoms with Crippen LogP contribution in [0.1, 0.15) is 12.5 Å². The molecule has 0 spiro atoms. The first-order valence-corrected chi connectivity index (χ1v) is 11.6. The monoisotopic (exact) mass is 491 g/mol. The number of hydrogen-bond acceptors (Lipinski definition) is 7.